The van der Waals surface area contributed by atoms with Gasteiger partial charge in [-0.2, -0.15) is 4.98 Å². The van der Waals surface area contributed by atoms with Crippen LogP contribution in [-0.4, -0.2) is 41.2 Å². The molecule has 1 N–H and O–H groups in total. The maximum atomic E-state index is 5.76. The van der Waals surface area contributed by atoms with Gasteiger partial charge in [-0.25, -0.2) is 0 Å². The van der Waals surface area contributed by atoms with E-state index >= 15 is 0 Å². The first-order chi connectivity index (χ1) is 9.57. The monoisotopic (exact) mass is 296 g/mol. The van der Waals surface area contributed by atoms with E-state index in [2.05, 4.69) is 34.2 Å². The predicted octanol–water partition coefficient (Wildman–Crippen LogP) is 2.12. The van der Waals surface area contributed by atoms with E-state index < -0.39 is 0 Å². The lowest BCUT2D eigenvalue weighted by atomic mass is 10.0. The Bertz CT molecular complexity index is 587. The molecule has 0 aliphatic carbocycles. The molecule has 0 atom stereocenters. The van der Waals surface area contributed by atoms with Crippen molar-refractivity contribution in [2.45, 2.75) is 19.4 Å². The van der Waals surface area contributed by atoms with Crippen molar-refractivity contribution in [2.24, 2.45) is 0 Å². The molecule has 1 fully saturated rings. The number of halogens is 1. The van der Waals surface area contributed by atoms with Gasteiger partial charge in [-0.05, 0) is 37.6 Å². The Morgan fingerprint density at radius 1 is 1.30 bits per heavy atom. The normalized spacial score (nSPS) is 17.6. The maximum Gasteiger partial charge on any atom is 0.293 e. The Kier molecular flexibility index (Phi) is 3.54. The van der Waals surface area contributed by atoms with Crippen molar-refractivity contribution >= 4 is 11.6 Å². The fourth-order valence-electron chi connectivity index (χ4n) is 2.37. The highest BCUT2D eigenvalue weighted by molar-refractivity contribution is 6.28. The van der Waals surface area contributed by atoms with E-state index in [-0.39, 0.29) is 5.54 Å². The molecule has 0 bridgehead atoms. The van der Waals surface area contributed by atoms with Gasteiger partial charge in [0.2, 0.25) is 0 Å². The third-order valence-corrected chi connectivity index (χ3v) is 3.87. The van der Waals surface area contributed by atoms with Crippen LogP contribution in [0.15, 0.2) is 21.1 Å². The Morgan fingerprint density at radius 3 is 2.70 bits per heavy atom. The number of hydrogen-bond acceptors (Lipinski definition) is 6. The van der Waals surface area contributed by atoms with Gasteiger partial charge in [0.05, 0.1) is 5.54 Å². The Morgan fingerprint density at radius 2 is 2.05 bits per heavy atom. The van der Waals surface area contributed by atoms with E-state index in [0.717, 1.165) is 26.2 Å². The molecule has 0 unspecified atom stereocenters. The van der Waals surface area contributed by atoms with Gasteiger partial charge < -0.3 is 14.3 Å². The molecular weight excluding hydrogens is 280 g/mol. The first kappa shape index (κ1) is 13.6. The molecule has 3 rings (SSSR count). The summed E-state index contributed by atoms with van der Waals surface area (Å²) in [5.74, 6) is 1.50. The average Bonchev–Trinajstić information content (AvgIpc) is 3.08. The second-order valence-electron chi connectivity index (χ2n) is 5.32. The number of furan rings is 1. The van der Waals surface area contributed by atoms with E-state index in [4.69, 9.17) is 20.5 Å². The minimum Gasteiger partial charge on any atom is -0.440 e. The van der Waals surface area contributed by atoms with E-state index in [1.54, 1.807) is 12.1 Å². The molecule has 0 aromatic carbocycles. The van der Waals surface area contributed by atoms with Gasteiger partial charge in [0.25, 0.3) is 5.89 Å². The van der Waals surface area contributed by atoms with Gasteiger partial charge in [0.1, 0.15) is 0 Å². The van der Waals surface area contributed by atoms with Gasteiger partial charge in [-0.15, -0.1) is 0 Å². The smallest absolute Gasteiger partial charge is 0.293 e. The van der Waals surface area contributed by atoms with Crippen molar-refractivity contribution in [1.29, 1.82) is 0 Å². The lowest BCUT2D eigenvalue weighted by molar-refractivity contribution is 0.0924. The maximum absolute atomic E-state index is 5.76. The second-order valence-corrected chi connectivity index (χ2v) is 5.70. The molecule has 20 heavy (non-hydrogen) atoms. The van der Waals surface area contributed by atoms with E-state index in [0.29, 0.717) is 22.7 Å². The lowest BCUT2D eigenvalue weighted by Crippen LogP contribution is -2.52. The van der Waals surface area contributed by atoms with Gasteiger partial charge in [-0.3, -0.25) is 4.90 Å². The summed E-state index contributed by atoms with van der Waals surface area (Å²) in [6, 6.07) is 3.37. The third-order valence-electron chi connectivity index (χ3n) is 3.66. The topological polar surface area (TPSA) is 67.3 Å². The molecule has 3 heterocycles. The molecule has 0 spiro atoms. The lowest BCUT2D eigenvalue weighted by Gasteiger charge is -2.38. The predicted molar refractivity (Wildman–Crippen MR) is 74.5 cm³/mol. The van der Waals surface area contributed by atoms with Crippen LogP contribution < -0.4 is 5.32 Å². The molecular formula is C13H17ClN4O2. The van der Waals surface area contributed by atoms with Crippen LogP contribution in [0.3, 0.4) is 0 Å². The molecule has 0 saturated carbocycles. The molecule has 1 aliphatic heterocycles. The minimum atomic E-state index is -0.278. The fourth-order valence-corrected chi connectivity index (χ4v) is 2.51. The number of nitrogens with zero attached hydrogens (tertiary/aromatic N) is 3. The van der Waals surface area contributed by atoms with Crippen LogP contribution in [0.2, 0.25) is 5.22 Å². The molecule has 6 nitrogen and oxygen atoms in total. The van der Waals surface area contributed by atoms with Crippen LogP contribution in [-0.2, 0) is 5.54 Å². The Hall–Kier alpha value is -1.37. The highest BCUT2D eigenvalue weighted by atomic mass is 35.5. The van der Waals surface area contributed by atoms with Crippen LogP contribution in [0, 0.1) is 0 Å². The zero-order chi connectivity index (χ0) is 14.2. The van der Waals surface area contributed by atoms with Crippen LogP contribution in [0.25, 0.3) is 11.7 Å². The molecule has 108 valence electrons. The quantitative estimate of drug-likeness (QED) is 0.936. The summed E-state index contributed by atoms with van der Waals surface area (Å²) >= 11 is 5.76. The summed E-state index contributed by atoms with van der Waals surface area (Å²) in [5.41, 5.74) is -0.278. The van der Waals surface area contributed by atoms with Gasteiger partial charge >= 0.3 is 0 Å². The molecule has 1 aliphatic rings. The van der Waals surface area contributed by atoms with Gasteiger partial charge in [0.15, 0.2) is 16.8 Å². The number of nitrogens with one attached hydrogen (secondary N) is 1. The number of aromatic nitrogens is 2. The van der Waals surface area contributed by atoms with Crippen molar-refractivity contribution in [3.8, 4) is 11.7 Å². The highest BCUT2D eigenvalue weighted by Gasteiger charge is 2.34. The van der Waals surface area contributed by atoms with E-state index in [1.807, 2.05) is 0 Å². The molecule has 2 aromatic rings. The standard InChI is InChI=1S/C13H17ClN4O2/c1-13(2,18-7-5-15-6-8-18)12-16-11(20-17-12)9-3-4-10(14)19-9/h3-4,15H,5-8H2,1-2H3. The van der Waals surface area contributed by atoms with Crippen LogP contribution in [0.5, 0.6) is 0 Å². The van der Waals surface area contributed by atoms with Crippen molar-refractivity contribution in [2.75, 3.05) is 26.2 Å². The highest BCUT2D eigenvalue weighted by Crippen LogP contribution is 2.29. The molecule has 0 amide bonds. The zero-order valence-corrected chi connectivity index (χ0v) is 12.3. The number of piperazine rings is 1. The van der Waals surface area contributed by atoms with Crippen molar-refractivity contribution in [1.82, 2.24) is 20.4 Å². The Balaban J connectivity index is 1.85. The Labute approximate surface area is 122 Å². The summed E-state index contributed by atoms with van der Waals surface area (Å²) < 4.78 is 10.6. The summed E-state index contributed by atoms with van der Waals surface area (Å²) in [7, 11) is 0. The average molecular weight is 297 g/mol. The van der Waals surface area contributed by atoms with Crippen LogP contribution in [0.4, 0.5) is 0 Å². The SMILES string of the molecule is CC(C)(c1noc(-c2ccc(Cl)o2)n1)N1CCNCC1. The van der Waals surface area contributed by atoms with Crippen LogP contribution in [0.1, 0.15) is 19.7 Å². The number of hydrogen-bond donors (Lipinski definition) is 1. The van der Waals surface area contributed by atoms with Gasteiger partial charge in [-0.1, -0.05) is 5.16 Å². The van der Waals surface area contributed by atoms with Gasteiger partial charge in [0, 0.05) is 26.2 Å². The summed E-state index contributed by atoms with van der Waals surface area (Å²) in [6.45, 7) is 8.07. The molecule has 7 heteroatoms. The summed E-state index contributed by atoms with van der Waals surface area (Å²) in [4.78, 5) is 6.79. The largest absolute Gasteiger partial charge is 0.440 e. The fraction of sp³-hybridized carbons (Fsp3) is 0.538. The van der Waals surface area contributed by atoms with E-state index in [1.165, 1.54) is 0 Å². The van der Waals surface area contributed by atoms with Crippen molar-refractivity contribution in [3.05, 3.63) is 23.2 Å². The first-order valence-corrected chi connectivity index (χ1v) is 7.01. The number of rotatable bonds is 3. The third kappa shape index (κ3) is 2.46. The minimum absolute atomic E-state index is 0.278. The van der Waals surface area contributed by atoms with Crippen molar-refractivity contribution in [3.63, 3.8) is 0 Å². The summed E-state index contributed by atoms with van der Waals surface area (Å²) in [5, 5.41) is 7.74. The van der Waals surface area contributed by atoms with Crippen LogP contribution >= 0.6 is 11.6 Å². The first-order valence-electron chi connectivity index (χ1n) is 6.63. The second kappa shape index (κ2) is 5.20. The summed E-state index contributed by atoms with van der Waals surface area (Å²) in [6.07, 6.45) is 0. The van der Waals surface area contributed by atoms with Crippen molar-refractivity contribution < 1.29 is 8.94 Å². The zero-order valence-electron chi connectivity index (χ0n) is 11.5. The molecule has 2 aromatic heterocycles. The molecule has 0 radical (unpaired) electrons. The van der Waals surface area contributed by atoms with E-state index in [9.17, 15) is 0 Å². The molecule has 1 saturated heterocycles.